The van der Waals surface area contributed by atoms with Gasteiger partial charge in [-0.05, 0) is 13.0 Å². The van der Waals surface area contributed by atoms with Crippen molar-refractivity contribution in [2.75, 3.05) is 0 Å². The predicted octanol–water partition coefficient (Wildman–Crippen LogP) is 3.24. The number of alkyl halides is 3. The van der Waals surface area contributed by atoms with Crippen LogP contribution in [0, 0.1) is 6.92 Å². The van der Waals surface area contributed by atoms with Crippen LogP contribution in [0.25, 0.3) is 11.9 Å². The summed E-state index contributed by atoms with van der Waals surface area (Å²) >= 11 is 0. The minimum absolute atomic E-state index is 0.0388. The van der Waals surface area contributed by atoms with Gasteiger partial charge in [0.25, 0.3) is 0 Å². The van der Waals surface area contributed by atoms with Crippen molar-refractivity contribution < 1.29 is 13.2 Å². The Morgan fingerprint density at radius 2 is 2.06 bits per heavy atom. The van der Waals surface area contributed by atoms with Crippen molar-refractivity contribution in [3.8, 4) is 5.82 Å². The summed E-state index contributed by atoms with van der Waals surface area (Å²) in [7, 11) is 0. The Balaban J connectivity index is 2.56. The first-order chi connectivity index (χ1) is 8.41. The van der Waals surface area contributed by atoms with E-state index < -0.39 is 11.7 Å². The molecule has 2 aromatic rings. The standard InChI is InChI=1S/C12H10F3N3/c1-3-9-5-16-11(4-10(9)12(13,14)15)18-6-8(2)17-7-18/h3-7H,1H2,2H3. The van der Waals surface area contributed by atoms with E-state index in [-0.39, 0.29) is 11.4 Å². The number of rotatable bonds is 2. The highest BCUT2D eigenvalue weighted by Crippen LogP contribution is 2.33. The van der Waals surface area contributed by atoms with Crippen LogP contribution < -0.4 is 0 Å². The lowest BCUT2D eigenvalue weighted by Gasteiger charge is -2.11. The van der Waals surface area contributed by atoms with Crippen LogP contribution in [-0.4, -0.2) is 14.5 Å². The molecule has 3 nitrogen and oxygen atoms in total. The maximum atomic E-state index is 12.8. The molecule has 0 aliphatic carbocycles. The lowest BCUT2D eigenvalue weighted by atomic mass is 10.1. The molecule has 6 heteroatoms. The van der Waals surface area contributed by atoms with Gasteiger partial charge >= 0.3 is 6.18 Å². The van der Waals surface area contributed by atoms with Crippen LogP contribution in [0.2, 0.25) is 0 Å². The molecule has 0 aliphatic rings. The van der Waals surface area contributed by atoms with E-state index in [9.17, 15) is 13.2 Å². The molecule has 2 rings (SSSR count). The molecule has 94 valence electrons. The third kappa shape index (κ3) is 2.27. The van der Waals surface area contributed by atoms with E-state index in [0.29, 0.717) is 5.69 Å². The zero-order valence-corrected chi connectivity index (χ0v) is 9.57. The van der Waals surface area contributed by atoms with Crippen molar-refractivity contribution in [2.24, 2.45) is 0 Å². The SMILES string of the molecule is C=Cc1cnc(-n2cnc(C)c2)cc1C(F)(F)F. The van der Waals surface area contributed by atoms with E-state index in [0.717, 1.165) is 18.3 Å². The Morgan fingerprint density at radius 1 is 1.33 bits per heavy atom. The van der Waals surface area contributed by atoms with Gasteiger partial charge in [-0.2, -0.15) is 13.2 Å². The molecule has 18 heavy (non-hydrogen) atoms. The molecule has 0 spiro atoms. The highest BCUT2D eigenvalue weighted by atomic mass is 19.4. The van der Waals surface area contributed by atoms with Gasteiger partial charge in [-0.25, -0.2) is 9.97 Å². The second-order valence-corrected chi connectivity index (χ2v) is 3.75. The molecule has 2 heterocycles. The minimum atomic E-state index is -4.43. The number of aryl methyl sites for hydroxylation is 1. The Bertz CT molecular complexity index is 584. The van der Waals surface area contributed by atoms with Crippen LogP contribution in [0.1, 0.15) is 16.8 Å². The summed E-state index contributed by atoms with van der Waals surface area (Å²) in [4.78, 5) is 7.91. The average molecular weight is 253 g/mol. The van der Waals surface area contributed by atoms with Gasteiger partial charge in [0.2, 0.25) is 0 Å². The Kier molecular flexibility index (Phi) is 2.94. The third-order valence-corrected chi connectivity index (χ3v) is 2.42. The second kappa shape index (κ2) is 4.29. The summed E-state index contributed by atoms with van der Waals surface area (Å²) in [6.07, 6.45) is 0.886. The van der Waals surface area contributed by atoms with E-state index >= 15 is 0 Å². The topological polar surface area (TPSA) is 30.7 Å². The van der Waals surface area contributed by atoms with Crippen LogP contribution in [0.3, 0.4) is 0 Å². The monoisotopic (exact) mass is 253 g/mol. The largest absolute Gasteiger partial charge is 0.417 e. The number of nitrogens with zero attached hydrogens (tertiary/aromatic N) is 3. The lowest BCUT2D eigenvalue weighted by Crippen LogP contribution is -2.09. The van der Waals surface area contributed by atoms with Crippen LogP contribution in [0.5, 0.6) is 0 Å². The van der Waals surface area contributed by atoms with Crippen LogP contribution in [-0.2, 0) is 6.18 Å². The number of aromatic nitrogens is 3. The van der Waals surface area contributed by atoms with Crippen molar-refractivity contribution >= 4 is 6.08 Å². The van der Waals surface area contributed by atoms with Gasteiger partial charge in [0, 0.05) is 18.0 Å². The Morgan fingerprint density at radius 3 is 2.56 bits per heavy atom. The summed E-state index contributed by atoms with van der Waals surface area (Å²) in [5.74, 6) is 0.175. The first-order valence-corrected chi connectivity index (χ1v) is 5.12. The van der Waals surface area contributed by atoms with Crippen molar-refractivity contribution in [2.45, 2.75) is 13.1 Å². The van der Waals surface area contributed by atoms with Gasteiger partial charge in [-0.1, -0.05) is 12.7 Å². The molecule has 0 atom stereocenters. The third-order valence-electron chi connectivity index (χ3n) is 2.42. The molecule has 2 aromatic heterocycles. The lowest BCUT2D eigenvalue weighted by molar-refractivity contribution is -0.137. The normalized spacial score (nSPS) is 11.6. The minimum Gasteiger partial charge on any atom is -0.290 e. The molecular weight excluding hydrogens is 243 g/mol. The molecule has 0 saturated heterocycles. The molecule has 0 unspecified atom stereocenters. The van der Waals surface area contributed by atoms with Gasteiger partial charge in [0.1, 0.15) is 12.1 Å². The number of halogens is 3. The van der Waals surface area contributed by atoms with Gasteiger partial charge in [0.15, 0.2) is 0 Å². The molecule has 0 fully saturated rings. The van der Waals surface area contributed by atoms with Gasteiger partial charge in [-0.15, -0.1) is 0 Å². The summed E-state index contributed by atoms with van der Waals surface area (Å²) in [5.41, 5.74) is -0.0879. The first kappa shape index (κ1) is 12.3. The van der Waals surface area contributed by atoms with Gasteiger partial charge in [0.05, 0.1) is 11.3 Å². The van der Waals surface area contributed by atoms with Gasteiger partial charge < -0.3 is 0 Å². The van der Waals surface area contributed by atoms with Crippen molar-refractivity contribution in [3.05, 3.63) is 48.2 Å². The fraction of sp³-hybridized carbons (Fsp3) is 0.167. The van der Waals surface area contributed by atoms with Crippen LogP contribution in [0.15, 0.2) is 31.4 Å². The van der Waals surface area contributed by atoms with Gasteiger partial charge in [-0.3, -0.25) is 4.57 Å². The summed E-state index contributed by atoms with van der Waals surface area (Å²) < 4.78 is 39.9. The highest BCUT2D eigenvalue weighted by Gasteiger charge is 2.33. The molecule has 0 aliphatic heterocycles. The molecule has 0 amide bonds. The molecular formula is C12H10F3N3. The molecule has 0 N–H and O–H groups in total. The summed E-state index contributed by atoms with van der Waals surface area (Å²) in [6.45, 7) is 5.10. The highest BCUT2D eigenvalue weighted by molar-refractivity contribution is 5.53. The fourth-order valence-electron chi connectivity index (χ4n) is 1.55. The molecule has 0 aromatic carbocycles. The second-order valence-electron chi connectivity index (χ2n) is 3.75. The molecule has 0 radical (unpaired) electrons. The first-order valence-electron chi connectivity index (χ1n) is 5.12. The average Bonchev–Trinajstić information content (AvgIpc) is 2.74. The fourth-order valence-corrected chi connectivity index (χ4v) is 1.55. The summed E-state index contributed by atoms with van der Waals surface area (Å²) in [6, 6.07) is 0.984. The summed E-state index contributed by atoms with van der Waals surface area (Å²) in [5, 5.41) is 0. The van der Waals surface area contributed by atoms with E-state index in [1.54, 1.807) is 13.1 Å². The molecule has 0 bridgehead atoms. The number of hydrogen-bond donors (Lipinski definition) is 0. The van der Waals surface area contributed by atoms with E-state index in [1.807, 2.05) is 0 Å². The Labute approximate surface area is 102 Å². The maximum Gasteiger partial charge on any atom is 0.417 e. The van der Waals surface area contributed by atoms with E-state index in [1.165, 1.54) is 10.9 Å². The van der Waals surface area contributed by atoms with Crippen molar-refractivity contribution in [1.82, 2.24) is 14.5 Å². The molecule has 0 saturated carbocycles. The smallest absolute Gasteiger partial charge is 0.290 e. The zero-order valence-electron chi connectivity index (χ0n) is 9.57. The number of pyridine rings is 1. The van der Waals surface area contributed by atoms with Crippen LogP contribution >= 0.6 is 0 Å². The van der Waals surface area contributed by atoms with Crippen molar-refractivity contribution in [3.63, 3.8) is 0 Å². The van der Waals surface area contributed by atoms with Crippen LogP contribution in [0.4, 0.5) is 13.2 Å². The Hall–Kier alpha value is -2.11. The quantitative estimate of drug-likeness (QED) is 0.822. The number of imidazole rings is 1. The van der Waals surface area contributed by atoms with E-state index in [2.05, 4.69) is 16.5 Å². The predicted molar refractivity (Wildman–Crippen MR) is 61.2 cm³/mol. The zero-order chi connectivity index (χ0) is 13.3. The number of hydrogen-bond acceptors (Lipinski definition) is 2. The van der Waals surface area contributed by atoms with Crippen molar-refractivity contribution in [1.29, 1.82) is 0 Å². The van der Waals surface area contributed by atoms with E-state index in [4.69, 9.17) is 0 Å². The maximum absolute atomic E-state index is 12.8.